The van der Waals surface area contributed by atoms with Crippen LogP contribution in [-0.2, 0) is 16.6 Å². The molecule has 2 amide bonds. The summed E-state index contributed by atoms with van der Waals surface area (Å²) in [5.41, 5.74) is 4.21. The Labute approximate surface area is 190 Å². The molecule has 0 bridgehead atoms. The van der Waals surface area contributed by atoms with Crippen LogP contribution < -0.4 is 15.4 Å². The zero-order valence-corrected chi connectivity index (χ0v) is 18.8. The minimum atomic E-state index is -3.33. The van der Waals surface area contributed by atoms with Crippen molar-refractivity contribution in [2.24, 2.45) is 0 Å². The summed E-state index contributed by atoms with van der Waals surface area (Å²) in [6.45, 7) is 2.43. The van der Waals surface area contributed by atoms with E-state index in [-0.39, 0.29) is 18.5 Å². The van der Waals surface area contributed by atoms with Crippen molar-refractivity contribution in [2.75, 3.05) is 18.1 Å². The first-order valence-corrected chi connectivity index (χ1v) is 12.0. The number of benzene rings is 1. The Morgan fingerprint density at radius 3 is 2.61 bits per heavy atom. The lowest BCUT2D eigenvalue weighted by molar-refractivity contribution is 0.252. The second-order valence-electron chi connectivity index (χ2n) is 7.24. The lowest BCUT2D eigenvalue weighted by atomic mass is 10.0. The number of rotatable bonds is 7. The number of H-pyrrole nitrogens is 1. The van der Waals surface area contributed by atoms with Crippen LogP contribution in [0.1, 0.15) is 12.5 Å². The van der Waals surface area contributed by atoms with Crippen LogP contribution in [0.5, 0.6) is 0 Å². The Kier molecular flexibility index (Phi) is 6.29. The van der Waals surface area contributed by atoms with Gasteiger partial charge in [-0.15, -0.1) is 0 Å². The molecule has 4 rings (SSSR count). The maximum absolute atomic E-state index is 11.9. The monoisotopic (exact) mass is 466 g/mol. The van der Waals surface area contributed by atoms with Gasteiger partial charge in [-0.05, 0) is 42.3 Å². The molecule has 12 heteroatoms. The molecule has 33 heavy (non-hydrogen) atoms. The van der Waals surface area contributed by atoms with Gasteiger partial charge in [-0.3, -0.25) is 10.3 Å². The number of nitrogens with zero attached hydrogens (tertiary/aromatic N) is 4. The van der Waals surface area contributed by atoms with E-state index < -0.39 is 10.0 Å². The molecule has 0 radical (unpaired) electrons. The highest BCUT2D eigenvalue weighted by Crippen LogP contribution is 2.32. The van der Waals surface area contributed by atoms with Crippen molar-refractivity contribution in [1.82, 2.24) is 35.0 Å². The summed E-state index contributed by atoms with van der Waals surface area (Å²) in [6.07, 6.45) is 7.67. The first kappa shape index (κ1) is 22.3. The Morgan fingerprint density at radius 2 is 1.88 bits per heavy atom. The lowest BCUT2D eigenvalue weighted by Gasteiger charge is -2.08. The Balaban J connectivity index is 1.79. The largest absolute Gasteiger partial charge is 0.338 e. The van der Waals surface area contributed by atoms with Gasteiger partial charge in [0.2, 0.25) is 16.0 Å². The number of aromatic nitrogens is 5. The van der Waals surface area contributed by atoms with Crippen molar-refractivity contribution in [3.63, 3.8) is 0 Å². The molecule has 0 aliphatic rings. The fourth-order valence-corrected chi connectivity index (χ4v) is 3.65. The third-order valence-corrected chi connectivity index (χ3v) is 5.30. The number of carbonyl (C=O) groups excluding carboxylic acids is 1. The molecule has 4 aromatic rings. The maximum Gasteiger partial charge on any atom is 0.321 e. The molecular weight excluding hydrogens is 444 g/mol. The Bertz CT molecular complexity index is 1400. The average Bonchev–Trinajstić information content (AvgIpc) is 3.19. The number of hydrogen-bond donors (Lipinski definition) is 4. The molecule has 0 saturated heterocycles. The number of sulfonamides is 1. The number of aromatic amines is 1. The van der Waals surface area contributed by atoms with Gasteiger partial charge in [0.25, 0.3) is 0 Å². The summed E-state index contributed by atoms with van der Waals surface area (Å²) in [5, 5.41) is 5.33. The predicted octanol–water partition coefficient (Wildman–Crippen LogP) is 2.27. The molecule has 3 heterocycles. The highest BCUT2D eigenvalue weighted by Gasteiger charge is 2.16. The molecule has 0 unspecified atom stereocenters. The maximum atomic E-state index is 11.9. The molecule has 170 valence electrons. The van der Waals surface area contributed by atoms with Crippen LogP contribution in [0.25, 0.3) is 33.5 Å². The van der Waals surface area contributed by atoms with Gasteiger partial charge in [0, 0.05) is 49.0 Å². The second kappa shape index (κ2) is 9.30. The van der Waals surface area contributed by atoms with E-state index in [1.807, 2.05) is 25.1 Å². The molecule has 0 atom stereocenters. The van der Waals surface area contributed by atoms with E-state index in [9.17, 15) is 13.2 Å². The lowest BCUT2D eigenvalue weighted by Crippen LogP contribution is -2.28. The summed E-state index contributed by atoms with van der Waals surface area (Å²) >= 11 is 0. The number of pyridine rings is 1. The Hall–Kier alpha value is -3.90. The summed E-state index contributed by atoms with van der Waals surface area (Å²) in [7, 11) is -3.33. The van der Waals surface area contributed by atoms with Crippen LogP contribution in [0.4, 0.5) is 10.7 Å². The minimum absolute atomic E-state index is 0.126. The fourth-order valence-electron chi connectivity index (χ4n) is 3.22. The highest BCUT2D eigenvalue weighted by molar-refractivity contribution is 7.88. The molecule has 0 fully saturated rings. The second-order valence-corrected chi connectivity index (χ2v) is 9.07. The van der Waals surface area contributed by atoms with Crippen LogP contribution >= 0.6 is 0 Å². The standard InChI is InChI=1S/C21H22N8O3S/c1-3-23-21(30)29-20-27-17-9-14(8-16(18(17)28-20)19-24-5-4-6-25-19)15-7-13(10-22-12-15)11-26-33(2,31)32/h4-10,12,26H,3,11H2,1-2H3,(H3,23,27,28,29,30). The first-order chi connectivity index (χ1) is 15.8. The number of anilines is 1. The molecule has 3 aromatic heterocycles. The molecule has 0 saturated carbocycles. The van der Waals surface area contributed by atoms with Gasteiger partial charge in [0.1, 0.15) is 5.52 Å². The number of fused-ring (bicyclic) bond motifs is 1. The van der Waals surface area contributed by atoms with Crippen molar-refractivity contribution in [3.05, 3.63) is 54.6 Å². The topological polar surface area (TPSA) is 155 Å². The normalized spacial score (nSPS) is 11.5. The van der Waals surface area contributed by atoms with Crippen molar-refractivity contribution < 1.29 is 13.2 Å². The minimum Gasteiger partial charge on any atom is -0.338 e. The van der Waals surface area contributed by atoms with E-state index in [1.54, 1.807) is 30.9 Å². The number of nitrogens with one attached hydrogen (secondary N) is 4. The number of hydrogen-bond acceptors (Lipinski definition) is 7. The molecule has 4 N–H and O–H groups in total. The van der Waals surface area contributed by atoms with E-state index in [0.717, 1.165) is 17.4 Å². The fraction of sp³-hybridized carbons (Fsp3) is 0.190. The molecule has 0 spiro atoms. The van der Waals surface area contributed by atoms with Crippen molar-refractivity contribution in [2.45, 2.75) is 13.5 Å². The Morgan fingerprint density at radius 1 is 1.09 bits per heavy atom. The van der Waals surface area contributed by atoms with Crippen LogP contribution in [-0.4, -0.2) is 52.2 Å². The third kappa shape index (κ3) is 5.48. The highest BCUT2D eigenvalue weighted by atomic mass is 32.2. The van der Waals surface area contributed by atoms with Gasteiger partial charge in [-0.25, -0.2) is 32.9 Å². The molecule has 0 aliphatic carbocycles. The summed E-state index contributed by atoms with van der Waals surface area (Å²) < 4.78 is 25.3. The average molecular weight is 467 g/mol. The first-order valence-electron chi connectivity index (χ1n) is 10.1. The van der Waals surface area contributed by atoms with Gasteiger partial charge in [-0.1, -0.05) is 0 Å². The third-order valence-electron chi connectivity index (χ3n) is 4.63. The van der Waals surface area contributed by atoms with Crippen molar-refractivity contribution in [1.29, 1.82) is 0 Å². The zero-order chi connectivity index (χ0) is 23.4. The van der Waals surface area contributed by atoms with Gasteiger partial charge < -0.3 is 10.3 Å². The molecular formula is C21H22N8O3S. The van der Waals surface area contributed by atoms with E-state index in [2.05, 4.69) is 40.3 Å². The van der Waals surface area contributed by atoms with Crippen LogP contribution in [0.2, 0.25) is 0 Å². The molecule has 1 aromatic carbocycles. The quantitative estimate of drug-likeness (QED) is 0.326. The van der Waals surface area contributed by atoms with Crippen LogP contribution in [0.15, 0.2) is 49.1 Å². The zero-order valence-electron chi connectivity index (χ0n) is 18.0. The van der Waals surface area contributed by atoms with E-state index >= 15 is 0 Å². The van der Waals surface area contributed by atoms with E-state index in [1.165, 1.54) is 0 Å². The van der Waals surface area contributed by atoms with E-state index in [4.69, 9.17) is 0 Å². The summed E-state index contributed by atoms with van der Waals surface area (Å²) in [5.74, 6) is 0.762. The smallest absolute Gasteiger partial charge is 0.321 e. The number of imidazole rings is 1. The van der Waals surface area contributed by atoms with Crippen LogP contribution in [0, 0.1) is 0 Å². The molecule has 11 nitrogen and oxygen atoms in total. The number of amides is 2. The summed E-state index contributed by atoms with van der Waals surface area (Å²) in [6, 6.07) is 6.97. The van der Waals surface area contributed by atoms with Gasteiger partial charge in [0.05, 0.1) is 11.8 Å². The van der Waals surface area contributed by atoms with E-state index in [0.29, 0.717) is 34.5 Å². The van der Waals surface area contributed by atoms with Gasteiger partial charge in [0.15, 0.2) is 5.82 Å². The van der Waals surface area contributed by atoms with Crippen LogP contribution in [0.3, 0.4) is 0 Å². The number of urea groups is 1. The van der Waals surface area contributed by atoms with Gasteiger partial charge in [-0.2, -0.15) is 0 Å². The van der Waals surface area contributed by atoms with Gasteiger partial charge >= 0.3 is 6.03 Å². The summed E-state index contributed by atoms with van der Waals surface area (Å²) in [4.78, 5) is 32.5. The van der Waals surface area contributed by atoms with Crippen molar-refractivity contribution in [3.8, 4) is 22.5 Å². The SMILES string of the molecule is CCNC(=O)Nc1nc2c(-c3ncccn3)cc(-c3cncc(CNS(C)(=O)=O)c3)cc2[nH]1. The van der Waals surface area contributed by atoms with Crippen molar-refractivity contribution >= 4 is 33.0 Å². The number of carbonyl (C=O) groups is 1. The molecule has 0 aliphatic heterocycles. The predicted molar refractivity (Wildman–Crippen MR) is 125 cm³/mol.